The Bertz CT molecular complexity index is 539. The van der Waals surface area contributed by atoms with Gasteiger partial charge in [-0.3, -0.25) is 4.57 Å². The van der Waals surface area contributed by atoms with Crippen LogP contribution in [0.4, 0.5) is 0 Å². The van der Waals surface area contributed by atoms with Crippen LogP contribution < -0.4 is 11.0 Å². The number of hydrogen-bond acceptors (Lipinski definition) is 2. The lowest BCUT2D eigenvalue weighted by atomic mass is 10.2. The largest absolute Gasteiger partial charge is 0.330 e. The zero-order valence-electron chi connectivity index (χ0n) is 10.1. The van der Waals surface area contributed by atoms with Gasteiger partial charge >= 0.3 is 5.69 Å². The molecule has 0 aliphatic rings. The van der Waals surface area contributed by atoms with Crippen molar-refractivity contribution in [2.75, 3.05) is 0 Å². The van der Waals surface area contributed by atoms with Gasteiger partial charge in [0, 0.05) is 25.0 Å². The highest BCUT2D eigenvalue weighted by molar-refractivity contribution is 5.35. The molecule has 0 saturated carbocycles. The minimum Gasteiger partial charge on any atom is -0.312 e. The highest BCUT2D eigenvalue weighted by atomic mass is 16.1. The van der Waals surface area contributed by atoms with E-state index in [1.54, 1.807) is 17.0 Å². The lowest BCUT2D eigenvalue weighted by molar-refractivity contribution is 0.588. The molecule has 0 spiro atoms. The first-order valence-electron chi connectivity index (χ1n) is 5.75. The van der Waals surface area contributed by atoms with Crippen LogP contribution in [0.25, 0.3) is 5.69 Å². The monoisotopic (exact) mass is 231 g/mol. The Morgan fingerprint density at radius 1 is 1.41 bits per heavy atom. The maximum Gasteiger partial charge on any atom is 0.330 e. The number of H-pyrrole nitrogens is 1. The number of rotatable bonds is 4. The first kappa shape index (κ1) is 11.7. The van der Waals surface area contributed by atoms with Gasteiger partial charge in [-0.2, -0.15) is 0 Å². The minimum absolute atomic E-state index is 0.112. The van der Waals surface area contributed by atoms with Crippen LogP contribution in [0.2, 0.25) is 0 Å². The number of aromatic nitrogens is 2. The topological polar surface area (TPSA) is 49.8 Å². The number of hydrogen-bond donors (Lipinski definition) is 2. The fraction of sp³-hybridized carbons (Fsp3) is 0.308. The molecule has 2 aromatic rings. The van der Waals surface area contributed by atoms with E-state index < -0.39 is 0 Å². The molecule has 4 nitrogen and oxygen atoms in total. The molecule has 0 atom stereocenters. The van der Waals surface area contributed by atoms with E-state index in [0.717, 1.165) is 12.2 Å². The second-order valence-electron chi connectivity index (χ2n) is 4.34. The first-order valence-corrected chi connectivity index (χ1v) is 5.75. The number of nitrogens with one attached hydrogen (secondary N) is 2. The Morgan fingerprint density at radius 3 is 2.88 bits per heavy atom. The van der Waals surface area contributed by atoms with Gasteiger partial charge in [0.1, 0.15) is 0 Å². The van der Waals surface area contributed by atoms with Crippen LogP contribution in [0.1, 0.15) is 19.4 Å². The van der Waals surface area contributed by atoms with Gasteiger partial charge in [0.05, 0.1) is 5.69 Å². The van der Waals surface area contributed by atoms with Gasteiger partial charge < -0.3 is 10.3 Å². The molecule has 0 bridgehead atoms. The molecule has 0 saturated heterocycles. The van der Waals surface area contributed by atoms with E-state index in [0.29, 0.717) is 6.04 Å². The van der Waals surface area contributed by atoms with Crippen LogP contribution in [0.5, 0.6) is 0 Å². The van der Waals surface area contributed by atoms with Crippen molar-refractivity contribution in [3.05, 3.63) is 52.7 Å². The maximum absolute atomic E-state index is 11.5. The molecule has 1 aromatic heterocycles. The molecule has 1 aromatic carbocycles. The van der Waals surface area contributed by atoms with E-state index in [2.05, 4.69) is 30.2 Å². The Kier molecular flexibility index (Phi) is 3.44. The lowest BCUT2D eigenvalue weighted by Gasteiger charge is -2.09. The summed E-state index contributed by atoms with van der Waals surface area (Å²) in [5.41, 5.74) is 1.95. The zero-order valence-corrected chi connectivity index (χ0v) is 10.1. The van der Waals surface area contributed by atoms with Crippen LogP contribution in [0.3, 0.4) is 0 Å². The number of benzene rings is 1. The Balaban J connectivity index is 2.23. The molecule has 2 N–H and O–H groups in total. The summed E-state index contributed by atoms with van der Waals surface area (Å²) in [7, 11) is 0. The summed E-state index contributed by atoms with van der Waals surface area (Å²) in [5.74, 6) is 0. The fourth-order valence-corrected chi connectivity index (χ4v) is 1.66. The number of nitrogens with zero attached hydrogens (tertiary/aromatic N) is 1. The molecule has 1 heterocycles. The van der Waals surface area contributed by atoms with Gasteiger partial charge in [0.2, 0.25) is 0 Å². The van der Waals surface area contributed by atoms with Gasteiger partial charge in [-0.1, -0.05) is 26.0 Å². The third-order valence-corrected chi connectivity index (χ3v) is 2.55. The van der Waals surface area contributed by atoms with Crippen molar-refractivity contribution < 1.29 is 0 Å². The molecule has 0 aliphatic heterocycles. The highest BCUT2D eigenvalue weighted by Gasteiger charge is 2.01. The quantitative estimate of drug-likeness (QED) is 0.840. The summed E-state index contributed by atoms with van der Waals surface area (Å²) in [4.78, 5) is 14.1. The van der Waals surface area contributed by atoms with Crippen LogP contribution in [0, 0.1) is 0 Å². The normalized spacial score (nSPS) is 11.0. The van der Waals surface area contributed by atoms with E-state index in [-0.39, 0.29) is 5.69 Å². The summed E-state index contributed by atoms with van der Waals surface area (Å²) >= 11 is 0. The fourth-order valence-electron chi connectivity index (χ4n) is 1.66. The molecule has 0 radical (unpaired) electrons. The molecule has 90 valence electrons. The molecule has 0 aliphatic carbocycles. The zero-order chi connectivity index (χ0) is 12.3. The molecule has 17 heavy (non-hydrogen) atoms. The van der Waals surface area contributed by atoms with Crippen molar-refractivity contribution in [3.8, 4) is 5.69 Å². The summed E-state index contributed by atoms with van der Waals surface area (Å²) in [6.07, 6.45) is 3.37. The SMILES string of the molecule is CC(C)NCc1cccc(-n2cc[nH]c2=O)c1. The van der Waals surface area contributed by atoms with Crippen LogP contribution in [-0.4, -0.2) is 15.6 Å². The summed E-state index contributed by atoms with van der Waals surface area (Å²) in [6.45, 7) is 5.03. The molecular weight excluding hydrogens is 214 g/mol. The van der Waals surface area contributed by atoms with Crippen molar-refractivity contribution in [1.29, 1.82) is 0 Å². The molecule has 2 rings (SSSR count). The van der Waals surface area contributed by atoms with Gasteiger partial charge in [-0.25, -0.2) is 4.79 Å². The van der Waals surface area contributed by atoms with E-state index >= 15 is 0 Å². The van der Waals surface area contributed by atoms with E-state index in [9.17, 15) is 4.79 Å². The second-order valence-corrected chi connectivity index (χ2v) is 4.34. The van der Waals surface area contributed by atoms with Crippen LogP contribution in [-0.2, 0) is 6.54 Å². The van der Waals surface area contributed by atoms with Gasteiger partial charge in [0.25, 0.3) is 0 Å². The number of aromatic amines is 1. The van der Waals surface area contributed by atoms with Gasteiger partial charge in [-0.15, -0.1) is 0 Å². The predicted molar refractivity (Wildman–Crippen MR) is 68.4 cm³/mol. The van der Waals surface area contributed by atoms with Crippen molar-refractivity contribution in [2.45, 2.75) is 26.4 Å². The predicted octanol–water partition coefficient (Wildman–Crippen LogP) is 1.66. The van der Waals surface area contributed by atoms with Crippen LogP contribution >= 0.6 is 0 Å². The molecule has 0 amide bonds. The van der Waals surface area contributed by atoms with Crippen LogP contribution in [0.15, 0.2) is 41.5 Å². The van der Waals surface area contributed by atoms with E-state index in [1.165, 1.54) is 5.56 Å². The Labute approximate surface area is 100 Å². The van der Waals surface area contributed by atoms with E-state index in [1.807, 2.05) is 18.2 Å². The molecular formula is C13H17N3O. The summed E-state index contributed by atoms with van der Waals surface area (Å²) < 4.78 is 1.60. The molecule has 4 heteroatoms. The van der Waals surface area contributed by atoms with E-state index in [4.69, 9.17) is 0 Å². The lowest BCUT2D eigenvalue weighted by Crippen LogP contribution is -2.22. The summed E-state index contributed by atoms with van der Waals surface area (Å²) in [6, 6.07) is 8.41. The molecule has 0 unspecified atom stereocenters. The second kappa shape index (κ2) is 5.01. The average molecular weight is 231 g/mol. The molecule has 0 fully saturated rings. The summed E-state index contributed by atoms with van der Waals surface area (Å²) in [5, 5.41) is 3.35. The average Bonchev–Trinajstić information content (AvgIpc) is 2.73. The smallest absolute Gasteiger partial charge is 0.312 e. The third-order valence-electron chi connectivity index (χ3n) is 2.55. The third kappa shape index (κ3) is 2.85. The first-order chi connectivity index (χ1) is 8.16. The van der Waals surface area contributed by atoms with Gasteiger partial charge in [0.15, 0.2) is 0 Å². The minimum atomic E-state index is -0.112. The Hall–Kier alpha value is -1.81. The van der Waals surface area contributed by atoms with Crippen molar-refractivity contribution >= 4 is 0 Å². The van der Waals surface area contributed by atoms with Crippen molar-refractivity contribution in [2.24, 2.45) is 0 Å². The number of imidazole rings is 1. The maximum atomic E-state index is 11.5. The van der Waals surface area contributed by atoms with Gasteiger partial charge in [-0.05, 0) is 17.7 Å². The van der Waals surface area contributed by atoms with Crippen molar-refractivity contribution in [1.82, 2.24) is 14.9 Å². The Morgan fingerprint density at radius 2 is 2.24 bits per heavy atom. The standard InChI is InChI=1S/C13H17N3O/c1-10(2)15-9-11-4-3-5-12(8-11)16-7-6-14-13(16)17/h3-8,10,15H,9H2,1-2H3,(H,14,17). The highest BCUT2D eigenvalue weighted by Crippen LogP contribution is 2.08. The van der Waals surface area contributed by atoms with Crippen molar-refractivity contribution in [3.63, 3.8) is 0 Å².